The molecule has 2 rings (SSSR count). The summed E-state index contributed by atoms with van der Waals surface area (Å²) in [7, 11) is 2.10. The fraction of sp³-hybridized carbons (Fsp3) is 0.500. The first-order valence-corrected chi connectivity index (χ1v) is 4.95. The highest BCUT2D eigenvalue weighted by Crippen LogP contribution is 2.16. The fourth-order valence-corrected chi connectivity index (χ4v) is 1.67. The van der Waals surface area contributed by atoms with Crippen molar-refractivity contribution < 1.29 is 0 Å². The number of nitrogens with zero attached hydrogens (tertiary/aromatic N) is 5. The van der Waals surface area contributed by atoms with Gasteiger partial charge in [0.25, 0.3) is 0 Å². The van der Waals surface area contributed by atoms with E-state index in [0.717, 1.165) is 32.0 Å². The van der Waals surface area contributed by atoms with Crippen LogP contribution >= 0.6 is 0 Å². The lowest BCUT2D eigenvalue weighted by atomic mass is 10.2. The summed E-state index contributed by atoms with van der Waals surface area (Å²) in [6, 6.07) is 2.12. The molecule has 0 unspecified atom stereocenters. The molecule has 0 saturated carbocycles. The maximum atomic E-state index is 8.93. The van der Waals surface area contributed by atoms with Crippen LogP contribution in [0.3, 0.4) is 0 Å². The van der Waals surface area contributed by atoms with Gasteiger partial charge in [0, 0.05) is 26.2 Å². The second kappa shape index (κ2) is 4.24. The lowest BCUT2D eigenvalue weighted by molar-refractivity contribution is 0.312. The first kappa shape index (κ1) is 9.87. The third-order valence-electron chi connectivity index (χ3n) is 2.61. The monoisotopic (exact) mass is 203 g/mol. The maximum absolute atomic E-state index is 8.93. The van der Waals surface area contributed by atoms with Crippen molar-refractivity contribution in [3.63, 3.8) is 0 Å². The average Bonchev–Trinajstić information content (AvgIpc) is 2.30. The van der Waals surface area contributed by atoms with Crippen molar-refractivity contribution in [2.45, 2.75) is 0 Å². The minimum atomic E-state index is 0.557. The van der Waals surface area contributed by atoms with Gasteiger partial charge in [0.15, 0.2) is 0 Å². The molecule has 78 valence electrons. The smallest absolute Gasteiger partial charge is 0.150 e. The van der Waals surface area contributed by atoms with Crippen LogP contribution in [0.1, 0.15) is 5.56 Å². The molecule has 5 nitrogen and oxygen atoms in total. The number of rotatable bonds is 1. The summed E-state index contributed by atoms with van der Waals surface area (Å²) in [5.41, 5.74) is 0.557. The number of aromatic nitrogens is 2. The zero-order chi connectivity index (χ0) is 10.7. The Morgan fingerprint density at radius 2 is 2.07 bits per heavy atom. The van der Waals surface area contributed by atoms with Crippen molar-refractivity contribution in [1.82, 2.24) is 14.9 Å². The van der Waals surface area contributed by atoms with Gasteiger partial charge in [-0.05, 0) is 7.05 Å². The van der Waals surface area contributed by atoms with Gasteiger partial charge in [-0.1, -0.05) is 0 Å². The van der Waals surface area contributed by atoms with E-state index < -0.39 is 0 Å². The van der Waals surface area contributed by atoms with Crippen LogP contribution < -0.4 is 4.90 Å². The molecule has 0 radical (unpaired) electrons. The Bertz CT molecular complexity index is 376. The van der Waals surface area contributed by atoms with Gasteiger partial charge in [-0.25, -0.2) is 9.97 Å². The summed E-state index contributed by atoms with van der Waals surface area (Å²) in [6.07, 6.45) is 3.06. The van der Waals surface area contributed by atoms with E-state index in [2.05, 4.69) is 32.9 Å². The van der Waals surface area contributed by atoms with E-state index in [1.54, 1.807) is 6.20 Å². The lowest BCUT2D eigenvalue weighted by Crippen LogP contribution is -2.45. The van der Waals surface area contributed by atoms with Crippen molar-refractivity contribution >= 4 is 5.82 Å². The first-order chi connectivity index (χ1) is 7.31. The molecule has 0 atom stereocenters. The van der Waals surface area contributed by atoms with Gasteiger partial charge in [-0.3, -0.25) is 0 Å². The molecule has 0 bridgehead atoms. The van der Waals surface area contributed by atoms with Crippen LogP contribution in [-0.2, 0) is 0 Å². The van der Waals surface area contributed by atoms with Gasteiger partial charge in [0.1, 0.15) is 23.8 Å². The number of piperazine rings is 1. The second-order valence-corrected chi connectivity index (χ2v) is 3.66. The predicted octanol–water partition coefficient (Wildman–Crippen LogP) is 0.100. The van der Waals surface area contributed by atoms with Crippen LogP contribution in [0, 0.1) is 11.3 Å². The normalized spacial score (nSPS) is 17.5. The molecule has 15 heavy (non-hydrogen) atoms. The summed E-state index contributed by atoms with van der Waals surface area (Å²) < 4.78 is 0. The number of anilines is 1. The number of hydrogen-bond acceptors (Lipinski definition) is 5. The molecule has 1 aliphatic heterocycles. The minimum Gasteiger partial charge on any atom is -0.353 e. The lowest BCUT2D eigenvalue weighted by Gasteiger charge is -2.33. The van der Waals surface area contributed by atoms with Gasteiger partial charge in [0.2, 0.25) is 0 Å². The number of likely N-dealkylation sites (N-methyl/N-ethyl adjacent to an activating group) is 1. The summed E-state index contributed by atoms with van der Waals surface area (Å²) in [6.45, 7) is 3.86. The molecule has 5 heteroatoms. The minimum absolute atomic E-state index is 0.557. The van der Waals surface area contributed by atoms with Crippen LogP contribution in [0.25, 0.3) is 0 Å². The Balaban J connectivity index is 2.19. The average molecular weight is 203 g/mol. The van der Waals surface area contributed by atoms with Crippen LogP contribution in [0.5, 0.6) is 0 Å². The topological polar surface area (TPSA) is 56.1 Å². The Morgan fingerprint density at radius 1 is 1.33 bits per heavy atom. The van der Waals surface area contributed by atoms with Gasteiger partial charge < -0.3 is 9.80 Å². The second-order valence-electron chi connectivity index (χ2n) is 3.66. The Hall–Kier alpha value is -1.67. The van der Waals surface area contributed by atoms with E-state index in [9.17, 15) is 0 Å². The van der Waals surface area contributed by atoms with E-state index in [4.69, 9.17) is 5.26 Å². The molecule has 0 spiro atoms. The Kier molecular flexibility index (Phi) is 2.79. The molecule has 2 heterocycles. The quantitative estimate of drug-likeness (QED) is 0.648. The molecule has 1 saturated heterocycles. The zero-order valence-corrected chi connectivity index (χ0v) is 8.72. The standard InChI is InChI=1S/C10H13N5/c1-14-2-4-15(5-3-14)10-9(6-11)7-12-8-13-10/h7-8H,2-5H2,1H3. The summed E-state index contributed by atoms with van der Waals surface area (Å²) in [5.74, 6) is 0.764. The SMILES string of the molecule is CN1CCN(c2ncncc2C#N)CC1. The van der Waals surface area contributed by atoms with Crippen molar-refractivity contribution in [3.05, 3.63) is 18.1 Å². The van der Waals surface area contributed by atoms with E-state index >= 15 is 0 Å². The highest BCUT2D eigenvalue weighted by molar-refractivity contribution is 5.52. The Labute approximate surface area is 89.0 Å². The van der Waals surface area contributed by atoms with Gasteiger partial charge in [0.05, 0.1) is 6.20 Å². The molecular formula is C10H13N5. The van der Waals surface area contributed by atoms with Crippen molar-refractivity contribution in [3.8, 4) is 6.07 Å². The van der Waals surface area contributed by atoms with E-state index in [-0.39, 0.29) is 0 Å². The number of nitriles is 1. The first-order valence-electron chi connectivity index (χ1n) is 4.95. The van der Waals surface area contributed by atoms with Crippen molar-refractivity contribution in [2.24, 2.45) is 0 Å². The largest absolute Gasteiger partial charge is 0.353 e. The molecule has 1 aromatic heterocycles. The van der Waals surface area contributed by atoms with Crippen molar-refractivity contribution in [1.29, 1.82) is 5.26 Å². The molecule has 0 aliphatic carbocycles. The molecule has 0 aromatic carbocycles. The molecule has 0 amide bonds. The molecule has 1 aromatic rings. The molecule has 1 aliphatic rings. The summed E-state index contributed by atoms with van der Waals surface area (Å²) in [4.78, 5) is 12.4. The third kappa shape index (κ3) is 2.05. The van der Waals surface area contributed by atoms with Crippen LogP contribution in [-0.4, -0.2) is 48.1 Å². The molecule has 0 N–H and O–H groups in total. The van der Waals surface area contributed by atoms with Crippen molar-refractivity contribution in [2.75, 3.05) is 38.1 Å². The van der Waals surface area contributed by atoms with Gasteiger partial charge in [-0.2, -0.15) is 5.26 Å². The highest BCUT2D eigenvalue weighted by atomic mass is 15.3. The van der Waals surface area contributed by atoms with Gasteiger partial charge in [-0.15, -0.1) is 0 Å². The maximum Gasteiger partial charge on any atom is 0.150 e. The van der Waals surface area contributed by atoms with Gasteiger partial charge >= 0.3 is 0 Å². The summed E-state index contributed by atoms with van der Waals surface area (Å²) in [5, 5.41) is 8.93. The fourth-order valence-electron chi connectivity index (χ4n) is 1.67. The summed E-state index contributed by atoms with van der Waals surface area (Å²) >= 11 is 0. The number of hydrogen-bond donors (Lipinski definition) is 0. The van der Waals surface area contributed by atoms with Crippen LogP contribution in [0.15, 0.2) is 12.5 Å². The third-order valence-corrected chi connectivity index (χ3v) is 2.61. The van der Waals surface area contributed by atoms with E-state index in [0.29, 0.717) is 5.56 Å². The molecular weight excluding hydrogens is 190 g/mol. The zero-order valence-electron chi connectivity index (χ0n) is 8.72. The van der Waals surface area contributed by atoms with Crippen LogP contribution in [0.2, 0.25) is 0 Å². The highest BCUT2D eigenvalue weighted by Gasteiger charge is 2.17. The van der Waals surface area contributed by atoms with E-state index in [1.165, 1.54) is 6.33 Å². The van der Waals surface area contributed by atoms with E-state index in [1.807, 2.05) is 0 Å². The van der Waals surface area contributed by atoms with Crippen LogP contribution in [0.4, 0.5) is 5.82 Å². The molecule has 1 fully saturated rings. The predicted molar refractivity (Wildman–Crippen MR) is 56.5 cm³/mol. The Morgan fingerprint density at radius 3 is 2.73 bits per heavy atom.